The molecule has 2 heterocycles. The summed E-state index contributed by atoms with van der Waals surface area (Å²) in [5.74, 6) is -0.236. The summed E-state index contributed by atoms with van der Waals surface area (Å²) >= 11 is 0. The molecule has 0 aliphatic carbocycles. The molecule has 1 atom stereocenters. The lowest BCUT2D eigenvalue weighted by Crippen LogP contribution is -2.41. The van der Waals surface area contributed by atoms with Crippen LogP contribution in [0.25, 0.3) is 11.1 Å². The number of sulfonamides is 1. The number of aryl methyl sites for hydroxylation is 1. The molecule has 2 aromatic carbocycles. The van der Waals surface area contributed by atoms with E-state index in [1.807, 2.05) is 49.4 Å². The van der Waals surface area contributed by atoms with E-state index < -0.39 is 10.0 Å². The van der Waals surface area contributed by atoms with E-state index in [1.165, 1.54) is 8.99 Å². The Bertz CT molecular complexity index is 1250. The van der Waals surface area contributed by atoms with Crippen molar-refractivity contribution >= 4 is 15.9 Å². The highest BCUT2D eigenvalue weighted by Crippen LogP contribution is 2.25. The number of aromatic nitrogens is 2. The lowest BCUT2D eigenvalue weighted by Gasteiger charge is -2.26. The number of nitrogens with zero attached hydrogens (tertiary/aromatic N) is 3. The molecule has 180 valence electrons. The number of hydrogen-bond acceptors (Lipinski definition) is 5. The molecule has 0 saturated carbocycles. The second-order valence-corrected chi connectivity index (χ2v) is 10.3. The minimum absolute atomic E-state index is 0.0578. The van der Waals surface area contributed by atoms with Crippen molar-refractivity contribution in [3.63, 3.8) is 0 Å². The van der Waals surface area contributed by atoms with Crippen LogP contribution in [0.3, 0.4) is 0 Å². The van der Waals surface area contributed by atoms with Crippen molar-refractivity contribution in [3.8, 4) is 11.1 Å². The first-order chi connectivity index (χ1) is 16.3. The average molecular weight is 483 g/mol. The van der Waals surface area contributed by atoms with E-state index in [0.717, 1.165) is 16.7 Å². The van der Waals surface area contributed by atoms with Gasteiger partial charge in [-0.2, -0.15) is 9.40 Å². The molecule has 1 N–H and O–H groups in total. The Labute approximate surface area is 200 Å². The van der Waals surface area contributed by atoms with Crippen molar-refractivity contribution in [1.82, 2.24) is 19.4 Å². The highest BCUT2D eigenvalue weighted by atomic mass is 32.2. The highest BCUT2D eigenvalue weighted by Gasteiger charge is 2.32. The molecule has 1 saturated heterocycles. The number of benzene rings is 2. The predicted octanol–water partition coefficient (Wildman–Crippen LogP) is 3.07. The third kappa shape index (κ3) is 5.06. The monoisotopic (exact) mass is 482 g/mol. The Morgan fingerprint density at radius 2 is 1.65 bits per heavy atom. The molecule has 1 aliphatic heterocycles. The number of ether oxygens (including phenoxy) is 1. The number of nitrogens with one attached hydrogen (secondary N) is 1. The van der Waals surface area contributed by atoms with Gasteiger partial charge in [0.1, 0.15) is 11.4 Å². The summed E-state index contributed by atoms with van der Waals surface area (Å²) in [6.45, 7) is 6.58. The van der Waals surface area contributed by atoms with E-state index in [-0.39, 0.29) is 23.4 Å². The van der Waals surface area contributed by atoms with Gasteiger partial charge in [-0.25, -0.2) is 8.42 Å². The van der Waals surface area contributed by atoms with Crippen molar-refractivity contribution in [3.05, 3.63) is 71.5 Å². The summed E-state index contributed by atoms with van der Waals surface area (Å²) in [7, 11) is -3.69. The van der Waals surface area contributed by atoms with Gasteiger partial charge in [-0.15, -0.1) is 0 Å². The summed E-state index contributed by atoms with van der Waals surface area (Å²) in [6, 6.07) is 18.0. The van der Waals surface area contributed by atoms with Crippen molar-refractivity contribution in [1.29, 1.82) is 0 Å². The lowest BCUT2D eigenvalue weighted by molar-refractivity contribution is -0.122. The topological polar surface area (TPSA) is 93.5 Å². The summed E-state index contributed by atoms with van der Waals surface area (Å²) in [5.41, 5.74) is 4.08. The molecule has 1 aliphatic rings. The average Bonchev–Trinajstić information content (AvgIpc) is 3.13. The normalized spacial score (nSPS) is 15.7. The number of morpholine rings is 1. The molecular weight excluding hydrogens is 452 g/mol. The van der Waals surface area contributed by atoms with Gasteiger partial charge >= 0.3 is 0 Å². The highest BCUT2D eigenvalue weighted by molar-refractivity contribution is 7.89. The first kappa shape index (κ1) is 24.1. The number of rotatable bonds is 7. The van der Waals surface area contributed by atoms with E-state index in [0.29, 0.717) is 37.7 Å². The first-order valence-electron chi connectivity index (χ1n) is 11.3. The third-order valence-corrected chi connectivity index (χ3v) is 8.22. The van der Waals surface area contributed by atoms with E-state index in [9.17, 15) is 13.2 Å². The van der Waals surface area contributed by atoms with Gasteiger partial charge in [0, 0.05) is 13.1 Å². The van der Waals surface area contributed by atoms with Crippen LogP contribution >= 0.6 is 0 Å². The maximum absolute atomic E-state index is 13.1. The van der Waals surface area contributed by atoms with Gasteiger partial charge in [0.2, 0.25) is 15.9 Å². The van der Waals surface area contributed by atoms with Crippen LogP contribution in [0.15, 0.2) is 59.5 Å². The summed E-state index contributed by atoms with van der Waals surface area (Å²) in [4.78, 5) is 12.9. The third-order valence-electron chi connectivity index (χ3n) is 6.07. The fraction of sp³-hybridized carbons (Fsp3) is 0.360. The van der Waals surface area contributed by atoms with Crippen LogP contribution in [0.2, 0.25) is 0 Å². The van der Waals surface area contributed by atoms with Gasteiger partial charge in [-0.3, -0.25) is 9.48 Å². The summed E-state index contributed by atoms with van der Waals surface area (Å²) in [5, 5.41) is 7.34. The SMILES string of the molecule is Cc1nn(CC(=O)N[C@H](C)c2ccc(-c3ccccc3)cc2)c(C)c1S(=O)(=O)N1CCOCC1. The molecular formula is C25H30N4O4S. The van der Waals surface area contributed by atoms with Crippen molar-refractivity contribution in [2.45, 2.75) is 38.3 Å². The minimum Gasteiger partial charge on any atom is -0.379 e. The number of hydrogen-bond donors (Lipinski definition) is 1. The Balaban J connectivity index is 1.43. The second-order valence-electron chi connectivity index (χ2n) is 8.45. The molecule has 8 nitrogen and oxygen atoms in total. The standard InChI is InChI=1S/C25H30N4O4S/c1-18(21-9-11-23(12-10-21)22-7-5-4-6-8-22)26-24(30)17-29-20(3)25(19(2)27-29)34(31,32)28-13-15-33-16-14-28/h4-12,18H,13-17H2,1-3H3,(H,26,30)/t18-/m1/s1. The lowest BCUT2D eigenvalue weighted by atomic mass is 10.0. The van der Waals surface area contributed by atoms with Crippen LogP contribution in [-0.4, -0.2) is 54.7 Å². The number of amides is 1. The van der Waals surface area contributed by atoms with Gasteiger partial charge < -0.3 is 10.1 Å². The van der Waals surface area contributed by atoms with Crippen molar-refractivity contribution < 1.29 is 17.9 Å². The molecule has 4 rings (SSSR count). The van der Waals surface area contributed by atoms with Crippen LogP contribution in [0.1, 0.15) is 29.9 Å². The molecule has 0 radical (unpaired) electrons. The van der Waals surface area contributed by atoms with Crippen LogP contribution < -0.4 is 5.32 Å². The molecule has 0 bridgehead atoms. The maximum Gasteiger partial charge on any atom is 0.246 e. The van der Waals surface area contributed by atoms with Crippen LogP contribution in [0.5, 0.6) is 0 Å². The van der Waals surface area contributed by atoms with E-state index in [1.54, 1.807) is 13.8 Å². The zero-order chi connectivity index (χ0) is 24.3. The number of carbonyl (C=O) groups is 1. The molecule has 0 unspecified atom stereocenters. The first-order valence-corrected chi connectivity index (χ1v) is 12.8. The maximum atomic E-state index is 13.1. The van der Waals surface area contributed by atoms with Crippen LogP contribution in [0.4, 0.5) is 0 Å². The van der Waals surface area contributed by atoms with Crippen LogP contribution in [0, 0.1) is 13.8 Å². The van der Waals surface area contributed by atoms with E-state index in [4.69, 9.17) is 4.74 Å². The summed E-state index contributed by atoms with van der Waals surface area (Å²) in [6.07, 6.45) is 0. The van der Waals surface area contributed by atoms with Crippen molar-refractivity contribution in [2.75, 3.05) is 26.3 Å². The summed E-state index contributed by atoms with van der Waals surface area (Å²) < 4.78 is 34.4. The van der Waals surface area contributed by atoms with Gasteiger partial charge in [0.15, 0.2) is 0 Å². The van der Waals surface area contributed by atoms with Crippen LogP contribution in [-0.2, 0) is 26.1 Å². The molecule has 1 aromatic heterocycles. The number of carbonyl (C=O) groups excluding carboxylic acids is 1. The van der Waals surface area contributed by atoms with Gasteiger partial charge in [-0.1, -0.05) is 54.6 Å². The zero-order valence-corrected chi connectivity index (χ0v) is 20.5. The predicted molar refractivity (Wildman–Crippen MR) is 130 cm³/mol. The van der Waals surface area contributed by atoms with Gasteiger partial charge in [-0.05, 0) is 37.5 Å². The fourth-order valence-electron chi connectivity index (χ4n) is 4.23. The fourth-order valence-corrected chi connectivity index (χ4v) is 6.01. The Morgan fingerprint density at radius 3 is 2.29 bits per heavy atom. The Hall–Kier alpha value is -3.01. The Morgan fingerprint density at radius 1 is 1.03 bits per heavy atom. The van der Waals surface area contributed by atoms with E-state index in [2.05, 4.69) is 22.5 Å². The Kier molecular flexibility index (Phi) is 7.16. The zero-order valence-electron chi connectivity index (χ0n) is 19.7. The van der Waals surface area contributed by atoms with Gasteiger partial charge in [0.25, 0.3) is 0 Å². The quantitative estimate of drug-likeness (QED) is 0.559. The van der Waals surface area contributed by atoms with Crippen molar-refractivity contribution in [2.24, 2.45) is 0 Å². The molecule has 1 fully saturated rings. The molecule has 3 aromatic rings. The van der Waals surface area contributed by atoms with Gasteiger partial charge in [0.05, 0.1) is 30.6 Å². The van der Waals surface area contributed by atoms with E-state index >= 15 is 0 Å². The molecule has 1 amide bonds. The molecule has 34 heavy (non-hydrogen) atoms. The minimum atomic E-state index is -3.69. The molecule has 9 heteroatoms. The second kappa shape index (κ2) is 10.1. The largest absolute Gasteiger partial charge is 0.379 e. The smallest absolute Gasteiger partial charge is 0.246 e. The molecule has 0 spiro atoms.